The molecule has 2 aliphatic rings. The summed E-state index contributed by atoms with van der Waals surface area (Å²) in [5, 5.41) is 9.35. The molecule has 176 valence electrons. The second kappa shape index (κ2) is 10.1. The number of carbonyl (C=O) groups is 1. The number of thioether (sulfide) groups is 1. The van der Waals surface area contributed by atoms with E-state index >= 15 is 0 Å². The minimum absolute atomic E-state index is 0.0690. The van der Waals surface area contributed by atoms with Crippen molar-refractivity contribution < 1.29 is 14.3 Å². The Labute approximate surface area is 201 Å². The molecule has 4 heterocycles. The molecule has 2 aromatic heterocycles. The molecule has 0 unspecified atom stereocenters. The number of fused-ring (bicyclic) bond motifs is 1. The number of carbonyl (C=O) groups excluding carboxylic acids is 1. The van der Waals surface area contributed by atoms with Crippen LogP contribution in [0, 0.1) is 0 Å². The summed E-state index contributed by atoms with van der Waals surface area (Å²) in [6.07, 6.45) is 4.85. The largest absolute Gasteiger partial charge is 0.485 e. The van der Waals surface area contributed by atoms with Crippen molar-refractivity contribution in [2.75, 3.05) is 43.4 Å². The number of para-hydroxylation sites is 2. The number of piperazine rings is 1. The molecular weight excluding hydrogens is 454 g/mol. The highest BCUT2D eigenvalue weighted by molar-refractivity contribution is 7.99. The van der Waals surface area contributed by atoms with Gasteiger partial charge in [-0.2, -0.15) is 0 Å². The van der Waals surface area contributed by atoms with E-state index in [1.807, 2.05) is 33.7 Å². The zero-order chi connectivity index (χ0) is 23.3. The van der Waals surface area contributed by atoms with Crippen molar-refractivity contribution in [1.29, 1.82) is 0 Å². The Balaban J connectivity index is 1.20. The Morgan fingerprint density at radius 1 is 1.09 bits per heavy atom. The fraction of sp³-hybridized carbons (Fsp3) is 0.348. The van der Waals surface area contributed by atoms with Crippen molar-refractivity contribution in [2.45, 2.75) is 17.8 Å². The Kier molecular flexibility index (Phi) is 6.61. The van der Waals surface area contributed by atoms with Crippen LogP contribution in [-0.4, -0.2) is 74.1 Å². The molecule has 5 rings (SSSR count). The van der Waals surface area contributed by atoms with Gasteiger partial charge in [0.2, 0.25) is 11.9 Å². The van der Waals surface area contributed by atoms with Crippen LogP contribution in [0.5, 0.6) is 11.5 Å². The number of ether oxygens (including phenoxy) is 2. The summed E-state index contributed by atoms with van der Waals surface area (Å²) in [6, 6.07) is 9.35. The molecule has 11 heteroatoms. The molecule has 0 spiro atoms. The lowest BCUT2D eigenvalue weighted by Gasteiger charge is -2.34. The number of hydrogen-bond acceptors (Lipinski definition) is 9. The minimum atomic E-state index is -0.388. The van der Waals surface area contributed by atoms with Gasteiger partial charge in [-0.05, 0) is 18.2 Å². The summed E-state index contributed by atoms with van der Waals surface area (Å²) in [6.45, 7) is 7.38. The summed E-state index contributed by atoms with van der Waals surface area (Å²) in [4.78, 5) is 25.4. The average molecular weight is 480 g/mol. The van der Waals surface area contributed by atoms with Crippen LogP contribution in [-0.2, 0) is 11.3 Å². The zero-order valence-electron chi connectivity index (χ0n) is 18.6. The van der Waals surface area contributed by atoms with E-state index in [2.05, 4.69) is 31.6 Å². The molecule has 3 aromatic rings. The SMILES string of the molecule is C=CCn1c(SCC(=O)N2CCN(c3ncccn3)CC2)nnc1[C@H]1COc2ccccc2O1. The fourth-order valence-corrected chi connectivity index (χ4v) is 4.78. The van der Waals surface area contributed by atoms with E-state index in [-0.39, 0.29) is 17.8 Å². The molecule has 1 amide bonds. The van der Waals surface area contributed by atoms with Gasteiger partial charge in [0.25, 0.3) is 0 Å². The van der Waals surface area contributed by atoms with Gasteiger partial charge >= 0.3 is 0 Å². The van der Waals surface area contributed by atoms with Gasteiger partial charge < -0.3 is 19.3 Å². The van der Waals surface area contributed by atoms with Crippen LogP contribution >= 0.6 is 11.8 Å². The third-order valence-electron chi connectivity index (χ3n) is 5.65. The van der Waals surface area contributed by atoms with Crippen molar-refractivity contribution in [2.24, 2.45) is 0 Å². The van der Waals surface area contributed by atoms with E-state index in [1.54, 1.807) is 24.5 Å². The van der Waals surface area contributed by atoms with Crippen LogP contribution in [0.25, 0.3) is 0 Å². The highest BCUT2D eigenvalue weighted by Gasteiger charge is 2.29. The van der Waals surface area contributed by atoms with E-state index in [9.17, 15) is 4.79 Å². The predicted molar refractivity (Wildman–Crippen MR) is 127 cm³/mol. The summed E-state index contributed by atoms with van der Waals surface area (Å²) in [7, 11) is 0. The Morgan fingerprint density at radius 3 is 2.62 bits per heavy atom. The summed E-state index contributed by atoms with van der Waals surface area (Å²) in [5.41, 5.74) is 0. The maximum absolute atomic E-state index is 12.9. The standard InChI is InChI=1S/C23H25N7O3S/c1-2-10-30-21(19-15-32-17-6-3-4-7-18(17)33-19)26-27-23(30)34-16-20(31)28-11-13-29(14-12-28)22-24-8-5-9-25-22/h2-9,19H,1,10-16H2/t19-/m1/s1. The molecule has 0 aliphatic carbocycles. The number of anilines is 1. The first-order chi connectivity index (χ1) is 16.7. The number of allylic oxidation sites excluding steroid dienone is 1. The molecule has 0 N–H and O–H groups in total. The molecule has 1 fully saturated rings. The molecule has 0 saturated carbocycles. The van der Waals surface area contributed by atoms with Gasteiger partial charge in [0.15, 0.2) is 28.6 Å². The predicted octanol–water partition coefficient (Wildman–Crippen LogP) is 2.21. The summed E-state index contributed by atoms with van der Waals surface area (Å²) in [5.74, 6) is 3.09. The van der Waals surface area contributed by atoms with E-state index in [0.29, 0.717) is 67.8 Å². The van der Waals surface area contributed by atoms with Crippen LogP contribution in [0.2, 0.25) is 0 Å². The van der Waals surface area contributed by atoms with Crippen molar-refractivity contribution in [3.63, 3.8) is 0 Å². The summed E-state index contributed by atoms with van der Waals surface area (Å²) < 4.78 is 13.9. The highest BCUT2D eigenvalue weighted by Crippen LogP contribution is 2.36. The van der Waals surface area contributed by atoms with E-state index in [1.165, 1.54) is 11.8 Å². The second-order valence-corrected chi connectivity index (χ2v) is 8.75. The minimum Gasteiger partial charge on any atom is -0.485 e. The molecule has 0 radical (unpaired) electrons. The second-order valence-electron chi connectivity index (χ2n) is 7.81. The highest BCUT2D eigenvalue weighted by atomic mass is 32.2. The third-order valence-corrected chi connectivity index (χ3v) is 6.60. The number of benzene rings is 1. The first kappa shape index (κ1) is 22.2. The van der Waals surface area contributed by atoms with Crippen LogP contribution in [0.15, 0.2) is 60.5 Å². The molecule has 2 aliphatic heterocycles. The van der Waals surface area contributed by atoms with E-state index < -0.39 is 0 Å². The molecule has 1 atom stereocenters. The number of nitrogens with zero attached hydrogens (tertiary/aromatic N) is 7. The van der Waals surface area contributed by atoms with Crippen LogP contribution in [0.1, 0.15) is 11.9 Å². The van der Waals surface area contributed by atoms with Crippen LogP contribution in [0.4, 0.5) is 5.95 Å². The van der Waals surface area contributed by atoms with Crippen LogP contribution in [0.3, 0.4) is 0 Å². The zero-order valence-corrected chi connectivity index (χ0v) is 19.4. The number of amides is 1. The number of hydrogen-bond donors (Lipinski definition) is 0. The van der Waals surface area contributed by atoms with Gasteiger partial charge in [0, 0.05) is 45.1 Å². The number of aromatic nitrogens is 5. The smallest absolute Gasteiger partial charge is 0.233 e. The maximum Gasteiger partial charge on any atom is 0.233 e. The molecule has 1 saturated heterocycles. The van der Waals surface area contributed by atoms with Crippen molar-refractivity contribution in [1.82, 2.24) is 29.6 Å². The molecule has 34 heavy (non-hydrogen) atoms. The normalized spacial score (nSPS) is 17.5. The lowest BCUT2D eigenvalue weighted by molar-refractivity contribution is -0.128. The van der Waals surface area contributed by atoms with E-state index in [4.69, 9.17) is 9.47 Å². The third kappa shape index (κ3) is 4.69. The topological polar surface area (TPSA) is 98.5 Å². The van der Waals surface area contributed by atoms with Crippen LogP contribution < -0.4 is 14.4 Å². The number of rotatable bonds is 7. The Bertz CT molecular complexity index is 1150. The Morgan fingerprint density at radius 2 is 1.85 bits per heavy atom. The summed E-state index contributed by atoms with van der Waals surface area (Å²) >= 11 is 1.37. The van der Waals surface area contributed by atoms with E-state index in [0.717, 1.165) is 0 Å². The van der Waals surface area contributed by atoms with Crippen molar-refractivity contribution >= 4 is 23.6 Å². The van der Waals surface area contributed by atoms with Gasteiger partial charge in [0.05, 0.1) is 5.75 Å². The maximum atomic E-state index is 12.9. The first-order valence-electron chi connectivity index (χ1n) is 11.1. The lowest BCUT2D eigenvalue weighted by atomic mass is 10.2. The van der Waals surface area contributed by atoms with Gasteiger partial charge in [-0.15, -0.1) is 16.8 Å². The molecular formula is C23H25N7O3S. The fourth-order valence-electron chi connectivity index (χ4n) is 3.92. The van der Waals surface area contributed by atoms with Gasteiger partial charge in [-0.25, -0.2) is 9.97 Å². The molecule has 1 aromatic carbocycles. The molecule has 0 bridgehead atoms. The Hall–Kier alpha value is -3.60. The lowest BCUT2D eigenvalue weighted by Crippen LogP contribution is -2.49. The van der Waals surface area contributed by atoms with Crippen molar-refractivity contribution in [3.8, 4) is 11.5 Å². The average Bonchev–Trinajstić information content (AvgIpc) is 3.30. The molecule has 10 nitrogen and oxygen atoms in total. The van der Waals surface area contributed by atoms with Crippen molar-refractivity contribution in [3.05, 3.63) is 61.2 Å². The van der Waals surface area contributed by atoms with Gasteiger partial charge in [-0.3, -0.25) is 9.36 Å². The van der Waals surface area contributed by atoms with Gasteiger partial charge in [0.1, 0.15) is 6.61 Å². The quantitative estimate of drug-likeness (QED) is 0.373. The first-order valence-corrected chi connectivity index (χ1v) is 12.1. The monoisotopic (exact) mass is 479 g/mol. The van der Waals surface area contributed by atoms with Gasteiger partial charge in [-0.1, -0.05) is 30.0 Å².